The zero-order chi connectivity index (χ0) is 29.0. The Bertz CT molecular complexity index is 1260. The lowest BCUT2D eigenvalue weighted by molar-refractivity contribution is 0.0501. The molecular weight excluding hydrogens is 529 g/mol. The standard InChI is InChI=1S/C31H40NO7P/c1-6-38-40(34,39-7-2)22-37-27-17-23(3)28(24(4)18-27)19-26-13-14-30(36-21-35-5)29(20-26)31(33)32-16-15-25-11-9-8-10-12-25/h8-14,17-18,20H,6-7,15-16,19,21-22H2,1-5H3,(H,32,33). The first-order valence-corrected chi connectivity index (χ1v) is 15.2. The molecule has 0 aliphatic rings. The molecule has 216 valence electrons. The van der Waals surface area contributed by atoms with Gasteiger partial charge >= 0.3 is 7.60 Å². The number of benzene rings is 3. The van der Waals surface area contributed by atoms with Gasteiger partial charge in [-0.2, -0.15) is 0 Å². The van der Waals surface area contributed by atoms with Gasteiger partial charge in [0.15, 0.2) is 13.1 Å². The van der Waals surface area contributed by atoms with Gasteiger partial charge in [-0.25, -0.2) is 0 Å². The molecule has 1 amide bonds. The van der Waals surface area contributed by atoms with Gasteiger partial charge in [0.1, 0.15) is 11.5 Å². The number of amides is 1. The van der Waals surface area contributed by atoms with Crippen molar-refractivity contribution in [3.63, 3.8) is 0 Å². The Hall–Kier alpha value is -3.16. The molecule has 0 fully saturated rings. The predicted octanol–water partition coefficient (Wildman–Crippen LogP) is 6.45. The maximum Gasteiger partial charge on any atom is 0.367 e. The predicted molar refractivity (Wildman–Crippen MR) is 157 cm³/mol. The lowest BCUT2D eigenvalue weighted by Gasteiger charge is -2.19. The van der Waals surface area contributed by atoms with Crippen molar-refractivity contribution in [3.8, 4) is 11.5 Å². The minimum Gasteiger partial charge on any atom is -0.481 e. The highest BCUT2D eigenvalue weighted by Gasteiger charge is 2.25. The molecule has 3 rings (SSSR count). The molecule has 3 aromatic rings. The molecule has 9 heteroatoms. The van der Waals surface area contributed by atoms with Gasteiger partial charge in [-0.05, 0) is 92.6 Å². The average Bonchev–Trinajstić information content (AvgIpc) is 2.94. The molecule has 1 N–H and O–H groups in total. The Morgan fingerprint density at radius 1 is 0.875 bits per heavy atom. The Labute approximate surface area is 237 Å². The van der Waals surface area contributed by atoms with Crippen molar-refractivity contribution < 1.29 is 32.6 Å². The number of hydrogen-bond acceptors (Lipinski definition) is 7. The summed E-state index contributed by atoms with van der Waals surface area (Å²) >= 11 is 0. The number of carbonyl (C=O) groups excluding carboxylic acids is 1. The third kappa shape index (κ3) is 9.20. The van der Waals surface area contributed by atoms with Crippen LogP contribution in [0.1, 0.15) is 52.0 Å². The minimum absolute atomic E-state index is 0.0445. The molecule has 0 saturated carbocycles. The number of nitrogens with one attached hydrogen (secondary N) is 1. The zero-order valence-corrected chi connectivity index (χ0v) is 24.9. The number of aryl methyl sites for hydroxylation is 2. The van der Waals surface area contributed by atoms with Crippen molar-refractivity contribution in [2.24, 2.45) is 0 Å². The Morgan fingerprint density at radius 2 is 1.55 bits per heavy atom. The smallest absolute Gasteiger partial charge is 0.367 e. The molecule has 8 nitrogen and oxygen atoms in total. The number of methoxy groups -OCH3 is 1. The quantitative estimate of drug-likeness (QED) is 0.157. The summed E-state index contributed by atoms with van der Waals surface area (Å²) in [5.74, 6) is 0.863. The van der Waals surface area contributed by atoms with Crippen LogP contribution in [0, 0.1) is 13.8 Å². The fourth-order valence-electron chi connectivity index (χ4n) is 4.35. The van der Waals surface area contributed by atoms with Crippen molar-refractivity contribution in [1.29, 1.82) is 0 Å². The van der Waals surface area contributed by atoms with Crippen molar-refractivity contribution in [2.45, 2.75) is 40.5 Å². The first kappa shape index (κ1) is 31.4. The zero-order valence-electron chi connectivity index (χ0n) is 24.0. The molecular formula is C31H40NO7P. The Balaban J connectivity index is 1.75. The Morgan fingerprint density at radius 3 is 2.17 bits per heavy atom. The largest absolute Gasteiger partial charge is 0.481 e. The summed E-state index contributed by atoms with van der Waals surface area (Å²) < 4.78 is 40.0. The maximum atomic E-state index is 13.2. The normalized spacial score (nSPS) is 11.3. The van der Waals surface area contributed by atoms with Crippen molar-refractivity contribution in [2.75, 3.05) is 40.0 Å². The molecule has 40 heavy (non-hydrogen) atoms. The molecule has 0 aliphatic heterocycles. The fraction of sp³-hybridized carbons (Fsp3) is 0.387. The van der Waals surface area contributed by atoms with Gasteiger partial charge in [-0.3, -0.25) is 9.36 Å². The van der Waals surface area contributed by atoms with Gasteiger partial charge in [0, 0.05) is 13.7 Å². The van der Waals surface area contributed by atoms with Crippen LogP contribution in [0.2, 0.25) is 0 Å². The van der Waals surface area contributed by atoms with E-state index in [1.54, 1.807) is 21.0 Å². The van der Waals surface area contributed by atoms with E-state index in [2.05, 4.69) is 5.32 Å². The minimum atomic E-state index is -3.32. The summed E-state index contributed by atoms with van der Waals surface area (Å²) in [5.41, 5.74) is 5.74. The van der Waals surface area contributed by atoms with E-state index in [-0.39, 0.29) is 32.3 Å². The van der Waals surface area contributed by atoms with Gasteiger partial charge in [-0.15, -0.1) is 0 Å². The highest BCUT2D eigenvalue weighted by Crippen LogP contribution is 2.48. The molecule has 0 heterocycles. The van der Waals surface area contributed by atoms with E-state index in [0.717, 1.165) is 34.2 Å². The molecule has 0 atom stereocenters. The first-order chi connectivity index (χ1) is 19.3. The molecule has 3 aromatic carbocycles. The van der Waals surface area contributed by atoms with Gasteiger partial charge in [0.2, 0.25) is 0 Å². The van der Waals surface area contributed by atoms with E-state index < -0.39 is 7.60 Å². The molecule has 0 radical (unpaired) electrons. The van der Waals surface area contributed by atoms with Crippen LogP contribution in [0.5, 0.6) is 11.5 Å². The number of hydrogen-bond donors (Lipinski definition) is 1. The second kappa shape index (κ2) is 15.6. The average molecular weight is 570 g/mol. The van der Waals surface area contributed by atoms with Crippen LogP contribution in [-0.2, 0) is 31.2 Å². The third-order valence-electron chi connectivity index (χ3n) is 6.25. The van der Waals surface area contributed by atoms with Crippen LogP contribution in [0.3, 0.4) is 0 Å². The third-order valence-corrected chi connectivity index (χ3v) is 8.00. The topological polar surface area (TPSA) is 92.3 Å². The van der Waals surface area contributed by atoms with Crippen LogP contribution >= 0.6 is 7.60 Å². The monoisotopic (exact) mass is 569 g/mol. The molecule has 0 aliphatic carbocycles. The van der Waals surface area contributed by atoms with Crippen LogP contribution in [0.15, 0.2) is 60.7 Å². The second-order valence-electron chi connectivity index (χ2n) is 9.31. The van der Waals surface area contributed by atoms with Crippen LogP contribution in [-0.4, -0.2) is 45.9 Å². The second-order valence-corrected chi connectivity index (χ2v) is 11.3. The van der Waals surface area contributed by atoms with E-state index in [0.29, 0.717) is 30.0 Å². The van der Waals surface area contributed by atoms with Crippen LogP contribution < -0.4 is 14.8 Å². The number of carbonyl (C=O) groups is 1. The van der Waals surface area contributed by atoms with Gasteiger partial charge in [0.25, 0.3) is 5.91 Å². The van der Waals surface area contributed by atoms with E-state index in [4.69, 9.17) is 23.3 Å². The first-order valence-electron chi connectivity index (χ1n) is 13.5. The molecule has 0 bridgehead atoms. The highest BCUT2D eigenvalue weighted by molar-refractivity contribution is 7.53. The molecule has 0 unspecified atom stereocenters. The van der Waals surface area contributed by atoms with Crippen molar-refractivity contribution in [3.05, 3.63) is 94.0 Å². The SMILES string of the molecule is CCOP(=O)(COc1cc(C)c(Cc2ccc(OCOC)c(C(=O)NCCc3ccccc3)c2)c(C)c1)OCC. The van der Waals surface area contributed by atoms with Crippen LogP contribution in [0.25, 0.3) is 0 Å². The lowest BCUT2D eigenvalue weighted by Crippen LogP contribution is -2.26. The van der Waals surface area contributed by atoms with E-state index in [1.165, 1.54) is 0 Å². The fourth-order valence-corrected chi connectivity index (χ4v) is 5.67. The Kier molecular flexibility index (Phi) is 12.2. The van der Waals surface area contributed by atoms with Crippen molar-refractivity contribution in [1.82, 2.24) is 5.32 Å². The summed E-state index contributed by atoms with van der Waals surface area (Å²) in [5, 5.41) is 3.01. The van der Waals surface area contributed by atoms with Crippen molar-refractivity contribution >= 4 is 13.5 Å². The maximum absolute atomic E-state index is 13.2. The summed E-state index contributed by atoms with van der Waals surface area (Å²) in [7, 11) is -1.78. The van der Waals surface area contributed by atoms with Gasteiger partial charge in [-0.1, -0.05) is 36.4 Å². The lowest BCUT2D eigenvalue weighted by atomic mass is 9.94. The van der Waals surface area contributed by atoms with E-state index >= 15 is 0 Å². The number of rotatable bonds is 16. The summed E-state index contributed by atoms with van der Waals surface area (Å²) in [6, 6.07) is 19.5. The molecule has 0 spiro atoms. The summed E-state index contributed by atoms with van der Waals surface area (Å²) in [4.78, 5) is 13.2. The summed E-state index contributed by atoms with van der Waals surface area (Å²) in [6.07, 6.45) is 1.19. The van der Waals surface area contributed by atoms with E-state index in [9.17, 15) is 9.36 Å². The molecule has 0 saturated heterocycles. The van der Waals surface area contributed by atoms with Gasteiger partial charge in [0.05, 0.1) is 18.8 Å². The van der Waals surface area contributed by atoms with E-state index in [1.807, 2.05) is 74.5 Å². The molecule has 0 aromatic heterocycles. The van der Waals surface area contributed by atoms with Crippen LogP contribution in [0.4, 0.5) is 0 Å². The van der Waals surface area contributed by atoms with Gasteiger partial charge < -0.3 is 28.6 Å². The summed E-state index contributed by atoms with van der Waals surface area (Å²) in [6.45, 7) is 8.66. The highest BCUT2D eigenvalue weighted by atomic mass is 31.2. The number of ether oxygens (including phenoxy) is 3.